The van der Waals surface area contributed by atoms with Gasteiger partial charge in [-0.15, -0.1) is 0 Å². The molecule has 0 fully saturated rings. The molecule has 0 heterocycles. The maximum absolute atomic E-state index is 13.2. The summed E-state index contributed by atoms with van der Waals surface area (Å²) in [5.41, 5.74) is 2.04. The quantitative estimate of drug-likeness (QED) is 0.485. The van der Waals surface area contributed by atoms with Crippen LogP contribution in [0.15, 0.2) is 46.9 Å². The van der Waals surface area contributed by atoms with Crippen LogP contribution in [-0.2, 0) is 22.6 Å². The molecule has 0 aromatic heterocycles. The number of carbonyl (C=O) groups excluding carboxylic acids is 2. The van der Waals surface area contributed by atoms with Crippen LogP contribution < -0.4 is 14.8 Å². The molecule has 1 atom stereocenters. The molecule has 174 valence electrons. The van der Waals surface area contributed by atoms with Crippen LogP contribution in [0.1, 0.15) is 38.8 Å². The number of benzene rings is 2. The summed E-state index contributed by atoms with van der Waals surface area (Å²) in [6.45, 7) is 8.52. The third kappa shape index (κ3) is 7.55. The maximum atomic E-state index is 13.2. The van der Waals surface area contributed by atoms with Gasteiger partial charge < -0.3 is 19.7 Å². The van der Waals surface area contributed by atoms with Gasteiger partial charge in [-0.05, 0) is 70.6 Å². The summed E-state index contributed by atoms with van der Waals surface area (Å²) in [6, 6.07) is 12.6. The first-order chi connectivity index (χ1) is 15.2. The van der Waals surface area contributed by atoms with E-state index in [2.05, 4.69) is 28.2 Å². The number of halogens is 1. The molecule has 2 amide bonds. The highest BCUT2D eigenvalue weighted by Crippen LogP contribution is 2.26. The van der Waals surface area contributed by atoms with Gasteiger partial charge in [-0.1, -0.05) is 39.0 Å². The maximum Gasteiger partial charge on any atom is 0.261 e. The largest absolute Gasteiger partial charge is 0.497 e. The van der Waals surface area contributed by atoms with Gasteiger partial charge in [0, 0.05) is 13.1 Å². The molecule has 2 aromatic carbocycles. The second-order valence-electron chi connectivity index (χ2n) is 8.10. The predicted octanol–water partition coefficient (Wildman–Crippen LogP) is 4.59. The Labute approximate surface area is 199 Å². The summed E-state index contributed by atoms with van der Waals surface area (Å²) in [5, 5.41) is 2.92. The van der Waals surface area contributed by atoms with Crippen molar-refractivity contribution in [2.45, 2.75) is 46.7 Å². The van der Waals surface area contributed by atoms with E-state index < -0.39 is 6.04 Å². The lowest BCUT2D eigenvalue weighted by molar-refractivity contribution is -0.142. The van der Waals surface area contributed by atoms with E-state index in [1.54, 1.807) is 18.9 Å². The minimum absolute atomic E-state index is 0.171. The second-order valence-corrected chi connectivity index (χ2v) is 8.95. The molecule has 0 saturated carbocycles. The van der Waals surface area contributed by atoms with Gasteiger partial charge in [-0.25, -0.2) is 0 Å². The molecule has 0 aliphatic carbocycles. The topological polar surface area (TPSA) is 67.9 Å². The lowest BCUT2D eigenvalue weighted by Gasteiger charge is -2.29. The van der Waals surface area contributed by atoms with E-state index in [4.69, 9.17) is 9.47 Å². The van der Waals surface area contributed by atoms with Crippen molar-refractivity contribution in [1.82, 2.24) is 10.2 Å². The average Bonchev–Trinajstić information content (AvgIpc) is 2.79. The lowest BCUT2D eigenvalue weighted by atomic mass is 10.1. The van der Waals surface area contributed by atoms with Crippen LogP contribution in [0.4, 0.5) is 0 Å². The van der Waals surface area contributed by atoms with E-state index in [1.165, 1.54) is 5.56 Å². The number of hydrogen-bond donors (Lipinski definition) is 1. The third-order valence-electron chi connectivity index (χ3n) is 5.09. The Balaban J connectivity index is 2.17. The van der Waals surface area contributed by atoms with Crippen molar-refractivity contribution in [3.63, 3.8) is 0 Å². The molecular formula is C25H33BrN2O4. The van der Waals surface area contributed by atoms with Gasteiger partial charge in [0.25, 0.3) is 5.91 Å². The lowest BCUT2D eigenvalue weighted by Crippen LogP contribution is -2.49. The van der Waals surface area contributed by atoms with Gasteiger partial charge in [0.15, 0.2) is 6.61 Å². The van der Waals surface area contributed by atoms with Gasteiger partial charge in [-0.3, -0.25) is 9.59 Å². The van der Waals surface area contributed by atoms with Crippen LogP contribution in [0.3, 0.4) is 0 Å². The van der Waals surface area contributed by atoms with E-state index in [-0.39, 0.29) is 25.0 Å². The molecule has 6 nitrogen and oxygen atoms in total. The number of nitrogens with zero attached hydrogens (tertiary/aromatic N) is 1. The molecular weight excluding hydrogens is 472 g/mol. The summed E-state index contributed by atoms with van der Waals surface area (Å²) in [6.07, 6.45) is 0.912. The highest BCUT2D eigenvalue weighted by Gasteiger charge is 2.27. The van der Waals surface area contributed by atoms with Gasteiger partial charge in [0.2, 0.25) is 5.91 Å². The molecule has 0 radical (unpaired) electrons. The number of rotatable bonds is 11. The van der Waals surface area contributed by atoms with Crippen LogP contribution in [-0.4, -0.2) is 43.0 Å². The van der Waals surface area contributed by atoms with Crippen molar-refractivity contribution in [2.75, 3.05) is 20.3 Å². The van der Waals surface area contributed by atoms with Crippen molar-refractivity contribution in [2.24, 2.45) is 5.92 Å². The highest BCUT2D eigenvalue weighted by molar-refractivity contribution is 9.10. The van der Waals surface area contributed by atoms with Crippen LogP contribution in [0.2, 0.25) is 0 Å². The molecule has 1 N–H and O–H groups in total. The Morgan fingerprint density at radius 2 is 1.84 bits per heavy atom. The summed E-state index contributed by atoms with van der Waals surface area (Å²) < 4.78 is 11.9. The predicted molar refractivity (Wildman–Crippen MR) is 130 cm³/mol. The van der Waals surface area contributed by atoms with Crippen molar-refractivity contribution >= 4 is 27.7 Å². The SMILES string of the molecule is CCc1ccc(OCC(=O)N(Cc2cccc(OC)c2)C(C)C(=O)NCC(C)C)c(Br)c1. The number of nitrogens with one attached hydrogen (secondary N) is 1. The Kier molecular flexibility index (Phi) is 10.0. The number of methoxy groups -OCH3 is 1. The molecule has 32 heavy (non-hydrogen) atoms. The van der Waals surface area contributed by atoms with Gasteiger partial charge in [0.05, 0.1) is 11.6 Å². The molecule has 0 aliphatic heterocycles. The number of aryl methyl sites for hydroxylation is 1. The number of hydrogen-bond acceptors (Lipinski definition) is 4. The fraction of sp³-hybridized carbons (Fsp3) is 0.440. The number of amides is 2. The monoisotopic (exact) mass is 504 g/mol. The Morgan fingerprint density at radius 3 is 2.47 bits per heavy atom. The fourth-order valence-corrected chi connectivity index (χ4v) is 3.65. The zero-order valence-electron chi connectivity index (χ0n) is 19.5. The first-order valence-electron chi connectivity index (χ1n) is 10.9. The molecule has 1 unspecified atom stereocenters. The summed E-state index contributed by atoms with van der Waals surface area (Å²) in [7, 11) is 1.60. The smallest absolute Gasteiger partial charge is 0.261 e. The molecule has 2 aromatic rings. The summed E-state index contributed by atoms with van der Waals surface area (Å²) in [5.74, 6) is 1.15. The molecule has 0 saturated heterocycles. The third-order valence-corrected chi connectivity index (χ3v) is 5.71. The van der Waals surface area contributed by atoms with Crippen molar-refractivity contribution < 1.29 is 19.1 Å². The van der Waals surface area contributed by atoms with Crippen LogP contribution in [0, 0.1) is 5.92 Å². The van der Waals surface area contributed by atoms with Gasteiger partial charge in [0.1, 0.15) is 17.5 Å². The van der Waals surface area contributed by atoms with Crippen LogP contribution in [0.5, 0.6) is 11.5 Å². The van der Waals surface area contributed by atoms with Crippen molar-refractivity contribution in [3.8, 4) is 11.5 Å². The van der Waals surface area contributed by atoms with E-state index >= 15 is 0 Å². The first kappa shape index (κ1) is 25.7. The molecule has 0 spiro atoms. The minimum atomic E-state index is -0.651. The second kappa shape index (κ2) is 12.5. The van der Waals surface area contributed by atoms with Crippen LogP contribution >= 0.6 is 15.9 Å². The number of carbonyl (C=O) groups is 2. The molecule has 0 aliphatic rings. The highest BCUT2D eigenvalue weighted by atomic mass is 79.9. The molecule has 7 heteroatoms. The Morgan fingerprint density at radius 1 is 1.09 bits per heavy atom. The fourth-order valence-electron chi connectivity index (χ4n) is 3.11. The van der Waals surface area contributed by atoms with Crippen molar-refractivity contribution in [1.29, 1.82) is 0 Å². The molecule has 0 bridgehead atoms. The first-order valence-corrected chi connectivity index (χ1v) is 11.7. The Hall–Kier alpha value is -2.54. The standard InChI is InChI=1S/C25H33BrN2O4/c1-6-19-10-11-23(22(26)13-19)32-16-24(29)28(18(4)25(30)27-14-17(2)3)15-20-8-7-9-21(12-20)31-5/h7-13,17-18H,6,14-16H2,1-5H3,(H,27,30). The number of ether oxygens (including phenoxy) is 2. The average molecular weight is 505 g/mol. The van der Waals surface area contributed by atoms with E-state index in [0.29, 0.717) is 24.0 Å². The van der Waals surface area contributed by atoms with Gasteiger partial charge >= 0.3 is 0 Å². The zero-order chi connectivity index (χ0) is 23.7. The molecule has 2 rings (SSSR count). The Bertz CT molecular complexity index is 917. The van der Waals surface area contributed by atoms with E-state index in [1.807, 2.05) is 56.3 Å². The summed E-state index contributed by atoms with van der Waals surface area (Å²) in [4.78, 5) is 27.4. The summed E-state index contributed by atoms with van der Waals surface area (Å²) >= 11 is 3.50. The van der Waals surface area contributed by atoms with Crippen LogP contribution in [0.25, 0.3) is 0 Å². The van der Waals surface area contributed by atoms with Crippen molar-refractivity contribution in [3.05, 3.63) is 58.1 Å². The zero-order valence-corrected chi connectivity index (χ0v) is 21.1. The van der Waals surface area contributed by atoms with Gasteiger partial charge in [-0.2, -0.15) is 0 Å². The normalized spacial score (nSPS) is 11.7. The minimum Gasteiger partial charge on any atom is -0.497 e. The van der Waals surface area contributed by atoms with E-state index in [9.17, 15) is 9.59 Å². The van der Waals surface area contributed by atoms with E-state index in [0.717, 1.165) is 16.5 Å².